The van der Waals surface area contributed by atoms with Gasteiger partial charge in [0.05, 0.1) is 16.7 Å². The maximum absolute atomic E-state index is 6.63. The summed E-state index contributed by atoms with van der Waals surface area (Å²) in [7, 11) is 0. The molecule has 5 nitrogen and oxygen atoms in total. The van der Waals surface area contributed by atoms with Gasteiger partial charge >= 0.3 is 0 Å². The van der Waals surface area contributed by atoms with Gasteiger partial charge in [0.15, 0.2) is 17.5 Å². The third kappa shape index (κ3) is 5.36. The lowest BCUT2D eigenvalue weighted by atomic mass is 10.0. The molecular weight excluding hydrogens is 765 g/mol. The van der Waals surface area contributed by atoms with Crippen molar-refractivity contribution in [3.8, 4) is 51.0 Å². The molecule has 4 heterocycles. The number of hydrogen-bond acceptors (Lipinski definition) is 5. The van der Waals surface area contributed by atoms with Crippen LogP contribution in [0.5, 0.6) is 0 Å². The predicted molar refractivity (Wildman–Crippen MR) is 254 cm³/mol. The number of thiophene rings is 1. The summed E-state index contributed by atoms with van der Waals surface area (Å²) in [6.45, 7) is 0. The van der Waals surface area contributed by atoms with Crippen LogP contribution in [0.4, 0.5) is 0 Å². The van der Waals surface area contributed by atoms with E-state index in [1.165, 1.54) is 36.3 Å². The molecule has 6 heteroatoms. The third-order valence-electron chi connectivity index (χ3n) is 12.0. The monoisotopic (exact) mass is 796 g/mol. The summed E-state index contributed by atoms with van der Waals surface area (Å²) in [5, 5.41) is 9.11. The fraction of sp³-hybridized carbons (Fsp3) is 0. The molecule has 0 saturated heterocycles. The molecule has 0 aliphatic carbocycles. The van der Waals surface area contributed by atoms with Crippen LogP contribution in [0.2, 0.25) is 0 Å². The van der Waals surface area contributed by atoms with Crippen LogP contribution in [0.1, 0.15) is 0 Å². The number of nitrogens with zero attached hydrogens (tertiary/aromatic N) is 4. The minimum atomic E-state index is 0.581. The number of para-hydroxylation sites is 2. The van der Waals surface area contributed by atoms with Crippen LogP contribution in [0.15, 0.2) is 199 Å². The van der Waals surface area contributed by atoms with Gasteiger partial charge in [-0.1, -0.05) is 146 Å². The lowest BCUT2D eigenvalue weighted by Crippen LogP contribution is -2.04. The highest BCUT2D eigenvalue weighted by atomic mass is 32.1. The SMILES string of the molecule is c1ccc(-c2ccc(-c3nc(-c4cc5c(cc4-n4c6ccccc6c6cc7ccccc7cc64)oc4ccccc45)nc(-c4cccc5sc6ccccc6c45)n3)cc2)cc1. The van der Waals surface area contributed by atoms with Crippen LogP contribution in [-0.4, -0.2) is 19.5 Å². The molecule has 4 aromatic heterocycles. The van der Waals surface area contributed by atoms with E-state index < -0.39 is 0 Å². The first kappa shape index (κ1) is 34.0. The van der Waals surface area contributed by atoms with Gasteiger partial charge in [-0.25, -0.2) is 15.0 Å². The van der Waals surface area contributed by atoms with Crippen molar-refractivity contribution in [2.24, 2.45) is 0 Å². The van der Waals surface area contributed by atoms with Crippen LogP contribution in [0, 0.1) is 0 Å². The molecule has 0 aliphatic rings. The summed E-state index contributed by atoms with van der Waals surface area (Å²) in [5.41, 5.74) is 9.79. The molecule has 0 unspecified atom stereocenters. The molecule has 61 heavy (non-hydrogen) atoms. The fourth-order valence-electron chi connectivity index (χ4n) is 9.19. The van der Waals surface area contributed by atoms with E-state index >= 15 is 0 Å². The average Bonchev–Trinajstić information content (AvgIpc) is 3.99. The van der Waals surface area contributed by atoms with Crippen molar-refractivity contribution in [3.63, 3.8) is 0 Å². The lowest BCUT2D eigenvalue weighted by Gasteiger charge is -2.15. The van der Waals surface area contributed by atoms with Crippen molar-refractivity contribution in [1.29, 1.82) is 0 Å². The number of hydrogen-bond donors (Lipinski definition) is 0. The second-order valence-electron chi connectivity index (χ2n) is 15.6. The summed E-state index contributed by atoms with van der Waals surface area (Å²) in [6.07, 6.45) is 0. The maximum Gasteiger partial charge on any atom is 0.166 e. The molecule has 0 fully saturated rings. The molecule has 0 radical (unpaired) electrons. The van der Waals surface area contributed by atoms with Gasteiger partial charge in [-0.15, -0.1) is 11.3 Å². The average molecular weight is 797 g/mol. The first-order valence-corrected chi connectivity index (χ1v) is 21.2. The van der Waals surface area contributed by atoms with Gasteiger partial charge in [-0.05, 0) is 64.4 Å². The molecule has 0 bridgehead atoms. The van der Waals surface area contributed by atoms with E-state index in [9.17, 15) is 0 Å². The minimum Gasteiger partial charge on any atom is -0.456 e. The van der Waals surface area contributed by atoms with Crippen molar-refractivity contribution >= 4 is 86.0 Å². The molecular formula is C55H32N4OS. The second kappa shape index (κ2) is 13.3. The van der Waals surface area contributed by atoms with Gasteiger partial charge in [-0.2, -0.15) is 0 Å². The number of aromatic nitrogens is 4. The Morgan fingerprint density at radius 3 is 1.87 bits per heavy atom. The van der Waals surface area contributed by atoms with Crippen molar-refractivity contribution in [1.82, 2.24) is 19.5 Å². The van der Waals surface area contributed by atoms with E-state index in [-0.39, 0.29) is 0 Å². The van der Waals surface area contributed by atoms with E-state index in [0.717, 1.165) is 71.9 Å². The number of fused-ring (bicyclic) bond motifs is 10. The number of furan rings is 1. The maximum atomic E-state index is 6.63. The molecule has 13 aromatic rings. The summed E-state index contributed by atoms with van der Waals surface area (Å²) in [6, 6.07) is 68.5. The molecule has 0 aliphatic heterocycles. The fourth-order valence-corrected chi connectivity index (χ4v) is 10.3. The Labute approximate surface area is 353 Å². The Kier molecular flexibility index (Phi) is 7.41. The van der Waals surface area contributed by atoms with E-state index in [4.69, 9.17) is 19.4 Å². The van der Waals surface area contributed by atoms with Gasteiger partial charge < -0.3 is 8.98 Å². The van der Waals surface area contributed by atoms with Gasteiger partial charge in [-0.3, -0.25) is 0 Å². The molecule has 0 N–H and O–H groups in total. The Balaban J connectivity index is 1.13. The largest absolute Gasteiger partial charge is 0.456 e. The normalized spacial score (nSPS) is 11.9. The highest BCUT2D eigenvalue weighted by Gasteiger charge is 2.23. The van der Waals surface area contributed by atoms with E-state index in [2.05, 4.69) is 180 Å². The van der Waals surface area contributed by atoms with Gasteiger partial charge in [0.2, 0.25) is 0 Å². The van der Waals surface area contributed by atoms with Crippen LogP contribution < -0.4 is 0 Å². The Bertz CT molecular complexity index is 3880. The number of benzene rings is 9. The van der Waals surface area contributed by atoms with Crippen LogP contribution >= 0.6 is 11.3 Å². The smallest absolute Gasteiger partial charge is 0.166 e. The van der Waals surface area contributed by atoms with E-state index in [1.807, 2.05) is 18.2 Å². The van der Waals surface area contributed by atoms with Crippen molar-refractivity contribution in [2.75, 3.05) is 0 Å². The summed E-state index contributed by atoms with van der Waals surface area (Å²) in [4.78, 5) is 16.2. The van der Waals surface area contributed by atoms with Crippen molar-refractivity contribution < 1.29 is 4.42 Å². The molecule has 13 rings (SSSR count). The molecule has 284 valence electrons. The lowest BCUT2D eigenvalue weighted by molar-refractivity contribution is 0.668. The molecule has 0 spiro atoms. The van der Waals surface area contributed by atoms with Crippen LogP contribution in [0.25, 0.3) is 126 Å². The third-order valence-corrected chi connectivity index (χ3v) is 13.2. The highest BCUT2D eigenvalue weighted by Crippen LogP contribution is 2.43. The Morgan fingerprint density at radius 1 is 0.377 bits per heavy atom. The first-order valence-electron chi connectivity index (χ1n) is 20.4. The zero-order valence-corrected chi connectivity index (χ0v) is 33.4. The van der Waals surface area contributed by atoms with Crippen molar-refractivity contribution in [2.45, 2.75) is 0 Å². The summed E-state index contributed by atoms with van der Waals surface area (Å²) >= 11 is 1.79. The molecule has 0 amide bonds. The summed E-state index contributed by atoms with van der Waals surface area (Å²) < 4.78 is 11.4. The quantitative estimate of drug-likeness (QED) is 0.174. The Morgan fingerprint density at radius 2 is 1.02 bits per heavy atom. The van der Waals surface area contributed by atoms with Gasteiger partial charge in [0.1, 0.15) is 11.2 Å². The zero-order chi connectivity index (χ0) is 40.0. The predicted octanol–water partition coefficient (Wildman–Crippen LogP) is 15.1. The van der Waals surface area contributed by atoms with Crippen molar-refractivity contribution in [3.05, 3.63) is 194 Å². The van der Waals surface area contributed by atoms with Crippen LogP contribution in [-0.2, 0) is 0 Å². The second-order valence-corrected chi connectivity index (χ2v) is 16.6. The zero-order valence-electron chi connectivity index (χ0n) is 32.6. The highest BCUT2D eigenvalue weighted by molar-refractivity contribution is 7.25. The first-order chi connectivity index (χ1) is 30.2. The topological polar surface area (TPSA) is 56.7 Å². The van der Waals surface area contributed by atoms with E-state index in [0.29, 0.717) is 17.5 Å². The minimum absolute atomic E-state index is 0.581. The molecule has 9 aromatic carbocycles. The standard InChI is InChI=1S/C55H32N4OS/c1-2-13-33(14-3-1)34-25-27-35(28-26-34)53-56-54(41-20-12-24-51-52(41)40-19-8-11-23-50(40)61-51)58-55(57-53)44-31-43-39-18-7-10-22-48(39)60-49(43)32-47(44)59-45-21-9-6-17-38(45)42-29-36-15-4-5-16-37(36)30-46(42)59/h1-32H. The Hall–Kier alpha value is -7.93. The molecule has 0 saturated carbocycles. The van der Waals surface area contributed by atoms with E-state index in [1.54, 1.807) is 11.3 Å². The number of rotatable bonds is 5. The molecule has 0 atom stereocenters. The van der Waals surface area contributed by atoms with Crippen LogP contribution in [0.3, 0.4) is 0 Å². The van der Waals surface area contributed by atoms with Gasteiger partial charge in [0, 0.05) is 64.5 Å². The summed E-state index contributed by atoms with van der Waals surface area (Å²) in [5.74, 6) is 1.81. The van der Waals surface area contributed by atoms with Gasteiger partial charge in [0.25, 0.3) is 0 Å².